The molecule has 5 N–H and O–H groups in total. The molecule has 0 saturated carbocycles. The van der Waals surface area contributed by atoms with Gasteiger partial charge in [0.15, 0.2) is 11.5 Å². The molecule has 1 rings (SSSR count). The highest BCUT2D eigenvalue weighted by atomic mass is 16.5. The second-order valence-corrected chi connectivity index (χ2v) is 4.62. The van der Waals surface area contributed by atoms with E-state index in [1.165, 1.54) is 7.11 Å². The number of methoxy groups -OCH3 is 2. The van der Waals surface area contributed by atoms with Gasteiger partial charge in [-0.25, -0.2) is 0 Å². The van der Waals surface area contributed by atoms with E-state index in [2.05, 4.69) is 5.32 Å². The van der Waals surface area contributed by atoms with Crippen molar-refractivity contribution in [3.05, 3.63) is 23.8 Å². The lowest BCUT2D eigenvalue weighted by Gasteiger charge is -2.18. The van der Waals surface area contributed by atoms with Gasteiger partial charge in [-0.1, -0.05) is 6.07 Å². The van der Waals surface area contributed by atoms with Gasteiger partial charge in [-0.3, -0.25) is 9.59 Å². The molecule has 0 spiro atoms. The molecule has 1 aromatic rings. The lowest BCUT2D eigenvalue weighted by Crippen LogP contribution is -2.43. The summed E-state index contributed by atoms with van der Waals surface area (Å²) in [6.45, 7) is 1.80. The number of carbonyl (C=O) groups excluding carboxylic acids is 2. The fourth-order valence-corrected chi connectivity index (χ4v) is 1.84. The lowest BCUT2D eigenvalue weighted by atomic mass is 10.1. The summed E-state index contributed by atoms with van der Waals surface area (Å²) in [5.74, 6) is 0.121. The van der Waals surface area contributed by atoms with E-state index < -0.39 is 17.9 Å². The Bertz CT molecular complexity index is 519. The highest BCUT2D eigenvalue weighted by molar-refractivity contribution is 5.87. The predicted octanol–water partition coefficient (Wildman–Crippen LogP) is 0.0837. The summed E-state index contributed by atoms with van der Waals surface area (Å²) in [6, 6.07) is 4.08. The molecule has 0 fully saturated rings. The fraction of sp³-hybridized carbons (Fsp3) is 0.429. The average molecular weight is 295 g/mol. The molecule has 116 valence electrons. The van der Waals surface area contributed by atoms with Crippen LogP contribution in [0.15, 0.2) is 18.2 Å². The Morgan fingerprint density at radius 1 is 1.24 bits per heavy atom. The van der Waals surface area contributed by atoms with Crippen LogP contribution < -0.4 is 26.3 Å². The lowest BCUT2D eigenvalue weighted by molar-refractivity contribution is -0.126. The van der Waals surface area contributed by atoms with E-state index >= 15 is 0 Å². The third-order valence-electron chi connectivity index (χ3n) is 3.02. The molecular weight excluding hydrogens is 274 g/mol. The number of amides is 2. The van der Waals surface area contributed by atoms with Crippen LogP contribution in [0.4, 0.5) is 0 Å². The second kappa shape index (κ2) is 7.49. The van der Waals surface area contributed by atoms with Gasteiger partial charge in [0.05, 0.1) is 32.7 Å². The Morgan fingerprint density at radius 2 is 1.86 bits per heavy atom. The van der Waals surface area contributed by atoms with Gasteiger partial charge < -0.3 is 26.3 Å². The molecule has 0 aliphatic heterocycles. The van der Waals surface area contributed by atoms with Crippen molar-refractivity contribution in [3.8, 4) is 11.5 Å². The summed E-state index contributed by atoms with van der Waals surface area (Å²) in [6.07, 6.45) is -0.190. The van der Waals surface area contributed by atoms with Crippen LogP contribution in [-0.4, -0.2) is 32.1 Å². The zero-order valence-corrected chi connectivity index (χ0v) is 12.4. The quantitative estimate of drug-likeness (QED) is 0.659. The second-order valence-electron chi connectivity index (χ2n) is 4.62. The minimum atomic E-state index is -0.954. The Morgan fingerprint density at radius 3 is 2.38 bits per heavy atom. The number of nitrogens with two attached hydrogens (primary N) is 2. The minimum Gasteiger partial charge on any atom is -0.493 e. The number of carbonyl (C=O) groups is 2. The normalized spacial score (nSPS) is 13.1. The number of hydrogen-bond donors (Lipinski definition) is 3. The summed E-state index contributed by atoms with van der Waals surface area (Å²) in [5.41, 5.74) is 11.4. The van der Waals surface area contributed by atoms with Crippen LogP contribution in [0.3, 0.4) is 0 Å². The van der Waals surface area contributed by atoms with Crippen LogP contribution in [0.2, 0.25) is 0 Å². The molecule has 1 aromatic carbocycles. The van der Waals surface area contributed by atoms with E-state index in [4.69, 9.17) is 20.9 Å². The fourth-order valence-electron chi connectivity index (χ4n) is 1.84. The van der Waals surface area contributed by atoms with Crippen molar-refractivity contribution in [1.82, 2.24) is 5.32 Å². The average Bonchev–Trinajstić information content (AvgIpc) is 2.45. The molecule has 2 unspecified atom stereocenters. The number of benzene rings is 1. The SMILES string of the molecule is COc1ccc(C(C)NC(=O)C(N)CC(N)=O)cc1OC. The van der Waals surface area contributed by atoms with E-state index in [0.29, 0.717) is 11.5 Å². The molecule has 0 saturated heterocycles. The highest BCUT2D eigenvalue weighted by Gasteiger charge is 2.19. The number of hydrogen-bond acceptors (Lipinski definition) is 5. The Kier molecular flexibility index (Phi) is 5.98. The maximum atomic E-state index is 11.8. The summed E-state index contributed by atoms with van der Waals surface area (Å²) in [5, 5.41) is 2.72. The predicted molar refractivity (Wildman–Crippen MR) is 77.9 cm³/mol. The first-order valence-corrected chi connectivity index (χ1v) is 6.45. The van der Waals surface area contributed by atoms with E-state index in [1.807, 2.05) is 6.07 Å². The van der Waals surface area contributed by atoms with Gasteiger partial charge >= 0.3 is 0 Å². The van der Waals surface area contributed by atoms with Gasteiger partial charge in [0, 0.05) is 0 Å². The van der Waals surface area contributed by atoms with Crippen LogP contribution >= 0.6 is 0 Å². The van der Waals surface area contributed by atoms with Crippen LogP contribution in [0.5, 0.6) is 11.5 Å². The molecule has 0 heterocycles. The van der Waals surface area contributed by atoms with E-state index in [-0.39, 0.29) is 12.5 Å². The standard InChI is InChI=1S/C14H21N3O4/c1-8(17-14(19)10(15)7-13(16)18)9-4-5-11(20-2)12(6-9)21-3/h4-6,8,10H,7,15H2,1-3H3,(H2,16,18)(H,17,19). The highest BCUT2D eigenvalue weighted by Crippen LogP contribution is 2.29. The van der Waals surface area contributed by atoms with Crippen LogP contribution in [0, 0.1) is 0 Å². The Labute approximate surface area is 123 Å². The summed E-state index contributed by atoms with van der Waals surface area (Å²) >= 11 is 0. The maximum Gasteiger partial charge on any atom is 0.237 e. The van der Waals surface area contributed by atoms with Crippen molar-refractivity contribution in [2.45, 2.75) is 25.4 Å². The first kappa shape index (κ1) is 16.8. The van der Waals surface area contributed by atoms with Crippen molar-refractivity contribution in [1.29, 1.82) is 0 Å². The maximum absolute atomic E-state index is 11.8. The van der Waals surface area contributed by atoms with Crippen molar-refractivity contribution < 1.29 is 19.1 Å². The number of ether oxygens (including phenoxy) is 2. The van der Waals surface area contributed by atoms with Crippen molar-refractivity contribution in [2.24, 2.45) is 11.5 Å². The molecule has 21 heavy (non-hydrogen) atoms. The van der Waals surface area contributed by atoms with Gasteiger partial charge in [-0.2, -0.15) is 0 Å². The summed E-state index contributed by atoms with van der Waals surface area (Å²) < 4.78 is 10.4. The first-order valence-electron chi connectivity index (χ1n) is 6.45. The van der Waals surface area contributed by atoms with Crippen LogP contribution in [-0.2, 0) is 9.59 Å². The van der Waals surface area contributed by atoms with E-state index in [0.717, 1.165) is 5.56 Å². The molecule has 2 atom stereocenters. The smallest absolute Gasteiger partial charge is 0.237 e. The zero-order chi connectivity index (χ0) is 16.0. The van der Waals surface area contributed by atoms with Crippen molar-refractivity contribution >= 4 is 11.8 Å². The van der Waals surface area contributed by atoms with E-state index in [1.54, 1.807) is 26.2 Å². The Hall–Kier alpha value is -2.28. The molecule has 7 heteroatoms. The molecular formula is C14H21N3O4. The van der Waals surface area contributed by atoms with Gasteiger partial charge in [-0.15, -0.1) is 0 Å². The van der Waals surface area contributed by atoms with Gasteiger partial charge in [-0.05, 0) is 24.6 Å². The summed E-state index contributed by atoms with van der Waals surface area (Å²) in [7, 11) is 3.08. The summed E-state index contributed by atoms with van der Waals surface area (Å²) in [4.78, 5) is 22.6. The molecule has 7 nitrogen and oxygen atoms in total. The molecule has 0 radical (unpaired) electrons. The monoisotopic (exact) mass is 295 g/mol. The number of primary amides is 1. The topological polar surface area (TPSA) is 117 Å². The molecule has 0 bridgehead atoms. The van der Waals surface area contributed by atoms with Gasteiger partial charge in [0.2, 0.25) is 11.8 Å². The number of rotatable bonds is 7. The van der Waals surface area contributed by atoms with Crippen LogP contribution in [0.25, 0.3) is 0 Å². The Balaban J connectivity index is 2.77. The third-order valence-corrected chi connectivity index (χ3v) is 3.02. The molecule has 0 aliphatic rings. The van der Waals surface area contributed by atoms with Crippen molar-refractivity contribution in [3.63, 3.8) is 0 Å². The number of nitrogens with one attached hydrogen (secondary N) is 1. The van der Waals surface area contributed by atoms with Crippen molar-refractivity contribution in [2.75, 3.05) is 14.2 Å². The van der Waals surface area contributed by atoms with Gasteiger partial charge in [0.25, 0.3) is 0 Å². The first-order chi connectivity index (χ1) is 9.88. The third kappa shape index (κ3) is 4.64. The molecule has 2 amide bonds. The van der Waals surface area contributed by atoms with Gasteiger partial charge in [0.1, 0.15) is 0 Å². The zero-order valence-electron chi connectivity index (χ0n) is 12.4. The van der Waals surface area contributed by atoms with Crippen LogP contribution in [0.1, 0.15) is 24.9 Å². The van der Waals surface area contributed by atoms with E-state index in [9.17, 15) is 9.59 Å². The molecule has 0 aromatic heterocycles. The molecule has 0 aliphatic carbocycles. The largest absolute Gasteiger partial charge is 0.493 e. The minimum absolute atomic E-state index is 0.190.